The lowest BCUT2D eigenvalue weighted by molar-refractivity contribution is 0.929. The summed E-state index contributed by atoms with van der Waals surface area (Å²) in [7, 11) is 1.84. The number of aromatic nitrogens is 1. The summed E-state index contributed by atoms with van der Waals surface area (Å²) < 4.78 is 1.75. The van der Waals surface area contributed by atoms with Gasteiger partial charge in [-0.3, -0.25) is 0 Å². The molecule has 0 saturated carbocycles. The van der Waals surface area contributed by atoms with Gasteiger partial charge in [-0.25, -0.2) is 0 Å². The molecule has 1 aromatic rings. The van der Waals surface area contributed by atoms with E-state index >= 15 is 0 Å². The number of aryl methyl sites for hydroxylation is 1. The first-order chi connectivity index (χ1) is 3.72. The maximum absolute atomic E-state index is 5.62. The van der Waals surface area contributed by atoms with Crippen molar-refractivity contribution in [2.75, 3.05) is 0 Å². The molecule has 1 rings (SSSR count). The highest BCUT2D eigenvalue weighted by molar-refractivity contribution is 6.41. The van der Waals surface area contributed by atoms with Crippen molar-refractivity contribution in [1.82, 2.24) is 4.57 Å². The smallest absolute Gasteiger partial charge is 0.127 e. The third-order valence-electron chi connectivity index (χ3n) is 0.951. The Morgan fingerprint density at radius 3 is 2.25 bits per heavy atom. The van der Waals surface area contributed by atoms with E-state index in [1.807, 2.05) is 13.2 Å². The van der Waals surface area contributed by atoms with Crippen LogP contribution in [0.1, 0.15) is 0 Å². The Bertz CT molecular complexity index is 173. The predicted molar refractivity (Wildman–Crippen MR) is 35.4 cm³/mol. The van der Waals surface area contributed by atoms with Gasteiger partial charge in [-0.05, 0) is 6.07 Å². The summed E-state index contributed by atoms with van der Waals surface area (Å²) >= 11 is 11.2. The van der Waals surface area contributed by atoms with Crippen LogP contribution in [-0.4, -0.2) is 4.57 Å². The Balaban J connectivity index is 3.19. The molecule has 0 N–H and O–H groups in total. The fourth-order valence-electron chi connectivity index (χ4n) is 0.480. The minimum Gasteiger partial charge on any atom is -0.341 e. The van der Waals surface area contributed by atoms with Crippen molar-refractivity contribution in [3.8, 4) is 0 Å². The summed E-state index contributed by atoms with van der Waals surface area (Å²) in [6, 6.07) is 1.75. The second kappa shape index (κ2) is 2.00. The summed E-state index contributed by atoms with van der Waals surface area (Å²) in [5.41, 5.74) is 0. The molecule has 0 spiro atoms. The number of halogens is 2. The van der Waals surface area contributed by atoms with Gasteiger partial charge in [0.25, 0.3) is 0 Å². The van der Waals surface area contributed by atoms with Crippen LogP contribution in [0.3, 0.4) is 0 Å². The lowest BCUT2D eigenvalue weighted by atomic mass is 10.7. The molecule has 0 radical (unpaired) electrons. The van der Waals surface area contributed by atoms with Gasteiger partial charge in [0.2, 0.25) is 0 Å². The van der Waals surface area contributed by atoms with Crippen molar-refractivity contribution in [1.29, 1.82) is 0 Å². The van der Waals surface area contributed by atoms with E-state index in [1.165, 1.54) is 0 Å². The molecule has 8 heavy (non-hydrogen) atoms. The number of hydrogen-bond donors (Lipinski definition) is 0. The Kier molecular flexibility index (Phi) is 1.49. The zero-order valence-electron chi connectivity index (χ0n) is 4.36. The number of hydrogen-bond acceptors (Lipinski definition) is 0. The van der Waals surface area contributed by atoms with E-state index in [9.17, 15) is 0 Å². The van der Waals surface area contributed by atoms with Gasteiger partial charge < -0.3 is 4.57 Å². The van der Waals surface area contributed by atoms with E-state index in [2.05, 4.69) is 0 Å². The molecule has 0 fully saturated rings. The summed E-state index contributed by atoms with van der Waals surface area (Å²) in [5, 5.41) is 1.20. The van der Waals surface area contributed by atoms with Crippen molar-refractivity contribution >= 4 is 23.2 Å². The van der Waals surface area contributed by atoms with Gasteiger partial charge >= 0.3 is 0 Å². The van der Waals surface area contributed by atoms with Crippen LogP contribution in [0, 0.1) is 0 Å². The molecule has 44 valence electrons. The van der Waals surface area contributed by atoms with Gasteiger partial charge in [0.15, 0.2) is 0 Å². The molecule has 1 nitrogen and oxygen atoms in total. The standard InChI is InChI=1S/C5H5Cl2N/c1-8-3-2-4(6)5(8)7/h2-3H,1H3. The van der Waals surface area contributed by atoms with Crippen LogP contribution in [-0.2, 0) is 7.05 Å². The van der Waals surface area contributed by atoms with E-state index in [0.29, 0.717) is 10.2 Å². The summed E-state index contributed by atoms with van der Waals surface area (Å²) in [6.07, 6.45) is 1.81. The van der Waals surface area contributed by atoms with Gasteiger partial charge in [0.1, 0.15) is 5.15 Å². The minimum atomic E-state index is 0.590. The van der Waals surface area contributed by atoms with E-state index in [4.69, 9.17) is 23.2 Å². The van der Waals surface area contributed by atoms with E-state index in [-0.39, 0.29) is 0 Å². The Morgan fingerprint density at radius 2 is 2.12 bits per heavy atom. The Hall–Kier alpha value is -0.140. The van der Waals surface area contributed by atoms with Gasteiger partial charge in [-0.2, -0.15) is 0 Å². The molecule has 1 heterocycles. The molecule has 0 bridgehead atoms. The SMILES string of the molecule is Cn1ccc(Cl)c1Cl. The number of nitrogens with zero attached hydrogens (tertiary/aromatic N) is 1. The second-order valence-corrected chi connectivity index (χ2v) is 2.33. The molecular formula is C5H5Cl2N. The molecule has 0 aliphatic rings. The van der Waals surface area contributed by atoms with Gasteiger partial charge in [0, 0.05) is 13.2 Å². The maximum atomic E-state index is 5.62. The van der Waals surface area contributed by atoms with Crippen molar-refractivity contribution in [2.45, 2.75) is 0 Å². The summed E-state index contributed by atoms with van der Waals surface area (Å²) in [4.78, 5) is 0. The topological polar surface area (TPSA) is 4.93 Å². The van der Waals surface area contributed by atoms with Crippen LogP contribution in [0.5, 0.6) is 0 Å². The summed E-state index contributed by atoms with van der Waals surface area (Å²) in [5.74, 6) is 0. The first-order valence-electron chi connectivity index (χ1n) is 2.18. The van der Waals surface area contributed by atoms with E-state index in [1.54, 1.807) is 10.6 Å². The molecule has 0 unspecified atom stereocenters. The zero-order valence-corrected chi connectivity index (χ0v) is 5.87. The highest BCUT2D eigenvalue weighted by atomic mass is 35.5. The highest BCUT2D eigenvalue weighted by Crippen LogP contribution is 2.20. The summed E-state index contributed by atoms with van der Waals surface area (Å²) in [6.45, 7) is 0. The van der Waals surface area contributed by atoms with Gasteiger partial charge in [-0.15, -0.1) is 0 Å². The third-order valence-corrected chi connectivity index (χ3v) is 1.82. The second-order valence-electron chi connectivity index (χ2n) is 1.57. The van der Waals surface area contributed by atoms with Crippen molar-refractivity contribution in [3.05, 3.63) is 22.4 Å². The molecule has 1 aromatic heterocycles. The van der Waals surface area contributed by atoms with Crippen LogP contribution in [0.15, 0.2) is 12.3 Å². The average Bonchev–Trinajstić information content (AvgIpc) is 1.98. The Morgan fingerprint density at radius 1 is 1.50 bits per heavy atom. The van der Waals surface area contributed by atoms with Crippen LogP contribution >= 0.6 is 23.2 Å². The van der Waals surface area contributed by atoms with Crippen molar-refractivity contribution in [3.63, 3.8) is 0 Å². The normalized spacial score (nSPS) is 9.88. The third kappa shape index (κ3) is 0.837. The van der Waals surface area contributed by atoms with Gasteiger partial charge in [0.05, 0.1) is 5.02 Å². The lowest BCUT2D eigenvalue weighted by Crippen LogP contribution is -1.80. The van der Waals surface area contributed by atoms with E-state index < -0.39 is 0 Å². The molecule has 3 heteroatoms. The zero-order chi connectivity index (χ0) is 6.15. The van der Waals surface area contributed by atoms with Crippen LogP contribution in [0.4, 0.5) is 0 Å². The lowest BCUT2D eigenvalue weighted by Gasteiger charge is -1.89. The van der Waals surface area contributed by atoms with E-state index in [0.717, 1.165) is 0 Å². The first kappa shape index (κ1) is 5.99. The van der Waals surface area contributed by atoms with Crippen LogP contribution in [0.2, 0.25) is 10.2 Å². The molecule has 0 atom stereocenters. The fourth-order valence-corrected chi connectivity index (χ4v) is 0.789. The molecular weight excluding hydrogens is 145 g/mol. The molecule has 0 aliphatic heterocycles. The Labute approximate surface area is 57.8 Å². The van der Waals surface area contributed by atoms with Crippen molar-refractivity contribution < 1.29 is 0 Å². The predicted octanol–water partition coefficient (Wildman–Crippen LogP) is 2.33. The minimum absolute atomic E-state index is 0.590. The molecule has 0 aliphatic carbocycles. The highest BCUT2D eigenvalue weighted by Gasteiger charge is 1.97. The van der Waals surface area contributed by atoms with Gasteiger partial charge in [-0.1, -0.05) is 23.2 Å². The molecule has 0 saturated heterocycles. The van der Waals surface area contributed by atoms with Crippen LogP contribution in [0.25, 0.3) is 0 Å². The number of rotatable bonds is 0. The van der Waals surface area contributed by atoms with Crippen molar-refractivity contribution in [2.24, 2.45) is 7.05 Å². The largest absolute Gasteiger partial charge is 0.341 e. The molecule has 0 amide bonds. The average molecular weight is 150 g/mol. The maximum Gasteiger partial charge on any atom is 0.127 e. The fraction of sp³-hybridized carbons (Fsp3) is 0.200. The molecule has 0 aromatic carbocycles. The first-order valence-corrected chi connectivity index (χ1v) is 2.93. The monoisotopic (exact) mass is 149 g/mol. The van der Waals surface area contributed by atoms with Crippen LogP contribution < -0.4 is 0 Å². The quantitative estimate of drug-likeness (QED) is 0.534.